The van der Waals surface area contributed by atoms with E-state index in [0.29, 0.717) is 5.92 Å². The Morgan fingerprint density at radius 3 is 2.47 bits per heavy atom. The number of rotatable bonds is 4. The topological polar surface area (TPSA) is 85.0 Å². The molecule has 7 heteroatoms. The summed E-state index contributed by atoms with van der Waals surface area (Å²) < 4.78 is 27.4. The van der Waals surface area contributed by atoms with E-state index in [2.05, 4.69) is 24.3 Å². The summed E-state index contributed by atoms with van der Waals surface area (Å²) >= 11 is 0. The molecule has 1 aliphatic heterocycles. The van der Waals surface area contributed by atoms with Crippen LogP contribution < -0.4 is 5.73 Å². The molecule has 0 spiro atoms. The Bertz CT molecular complexity index is 808. The van der Waals surface area contributed by atoms with Crippen LogP contribution in [-0.4, -0.2) is 64.3 Å². The van der Waals surface area contributed by atoms with Gasteiger partial charge in [0, 0.05) is 13.0 Å². The Kier molecular flexibility index (Phi) is 6.29. The van der Waals surface area contributed by atoms with E-state index < -0.39 is 35.0 Å². The number of alkyl halides is 1. The van der Waals surface area contributed by atoms with Crippen LogP contribution in [-0.2, 0) is 9.47 Å². The molecule has 2 saturated carbocycles. The first-order valence-electron chi connectivity index (χ1n) is 11.9. The molecule has 4 atom stereocenters. The summed E-state index contributed by atoms with van der Waals surface area (Å²) in [6.07, 6.45) is 2.47. The van der Waals surface area contributed by atoms with Crippen LogP contribution in [0.15, 0.2) is 30.3 Å². The molecule has 0 bridgehead atoms. The number of benzene rings is 1. The van der Waals surface area contributed by atoms with E-state index in [1.165, 1.54) is 10.5 Å². The Balaban J connectivity index is 1.41. The van der Waals surface area contributed by atoms with Crippen molar-refractivity contribution in [3.05, 3.63) is 35.9 Å². The van der Waals surface area contributed by atoms with Crippen LogP contribution >= 0.6 is 0 Å². The van der Waals surface area contributed by atoms with Crippen molar-refractivity contribution in [2.45, 2.75) is 100 Å². The van der Waals surface area contributed by atoms with E-state index in [4.69, 9.17) is 15.2 Å². The predicted molar refractivity (Wildman–Crippen MR) is 120 cm³/mol. The monoisotopic (exact) mass is 448 g/mol. The third-order valence-corrected chi connectivity index (χ3v) is 7.58. The molecule has 178 valence electrons. The van der Waals surface area contributed by atoms with Crippen LogP contribution in [0.5, 0.6) is 0 Å². The van der Waals surface area contributed by atoms with Crippen molar-refractivity contribution in [3.8, 4) is 0 Å². The first-order chi connectivity index (χ1) is 15.0. The van der Waals surface area contributed by atoms with Crippen LogP contribution in [0.4, 0.5) is 9.18 Å². The summed E-state index contributed by atoms with van der Waals surface area (Å²) in [5.41, 5.74) is 3.99. The molecule has 1 saturated heterocycles. The van der Waals surface area contributed by atoms with Gasteiger partial charge in [-0.25, -0.2) is 9.18 Å². The second kappa shape index (κ2) is 8.58. The Hall–Kier alpha value is -1.70. The van der Waals surface area contributed by atoms with Gasteiger partial charge in [-0.15, -0.1) is 0 Å². The molecule has 2 aliphatic carbocycles. The molecule has 4 rings (SSSR count). The lowest BCUT2D eigenvalue weighted by Gasteiger charge is -2.63. The van der Waals surface area contributed by atoms with Gasteiger partial charge in [-0.1, -0.05) is 30.3 Å². The highest BCUT2D eigenvalue weighted by molar-refractivity contribution is 5.69. The molecule has 3 aliphatic rings. The minimum atomic E-state index is -1.90. The maximum Gasteiger partial charge on any atom is 0.410 e. The van der Waals surface area contributed by atoms with Gasteiger partial charge in [0.1, 0.15) is 5.60 Å². The van der Waals surface area contributed by atoms with Crippen LogP contribution in [0.1, 0.15) is 70.8 Å². The second-order valence-electron chi connectivity index (χ2n) is 10.8. The van der Waals surface area contributed by atoms with Crippen molar-refractivity contribution in [2.75, 3.05) is 13.2 Å². The van der Waals surface area contributed by atoms with Gasteiger partial charge in [-0.05, 0) is 64.4 Å². The highest BCUT2D eigenvalue weighted by Crippen LogP contribution is 2.52. The van der Waals surface area contributed by atoms with Gasteiger partial charge in [-0.2, -0.15) is 0 Å². The normalized spacial score (nSPS) is 37.4. The average Bonchev–Trinajstić information content (AvgIpc) is 2.74. The summed E-state index contributed by atoms with van der Waals surface area (Å²) in [5, 5.41) is 10.1. The molecular formula is C25H37FN2O4. The number of nitrogens with two attached hydrogens (primary N) is 1. The number of carbonyl (C=O) groups is 1. The summed E-state index contributed by atoms with van der Waals surface area (Å²) in [7, 11) is 0. The number of hydrogen-bond acceptors (Lipinski definition) is 5. The lowest BCUT2D eigenvalue weighted by atomic mass is 9.55. The number of carbonyl (C=O) groups excluding carboxylic acids is 1. The molecule has 0 radical (unpaired) electrons. The number of ether oxygens (including phenoxy) is 2. The molecular weight excluding hydrogens is 411 g/mol. The van der Waals surface area contributed by atoms with Gasteiger partial charge < -0.3 is 25.2 Å². The fraction of sp³-hybridized carbons (Fsp3) is 0.720. The zero-order chi connectivity index (χ0) is 23.1. The number of nitrogens with zero attached hydrogens (tertiary/aromatic N) is 1. The third kappa shape index (κ3) is 4.27. The SMILES string of the molecule is CC(C)(C)OC(=O)N1CCC2(F)C(O)CC2(N)C1COC1CCC(c2ccccc2)CC1. The standard InChI is InChI=1S/C25H37FN2O4/c1-23(2,3)32-22(30)28-14-13-24(26)21(29)15-25(24,27)20(28)16-31-19-11-9-18(10-12-19)17-7-5-4-6-8-17/h4-8,18-21,29H,9-16,27H2,1-3H3. The van der Waals surface area contributed by atoms with E-state index >= 15 is 4.39 Å². The van der Waals surface area contributed by atoms with Crippen molar-refractivity contribution < 1.29 is 23.8 Å². The first kappa shape index (κ1) is 23.5. The second-order valence-corrected chi connectivity index (χ2v) is 10.8. The van der Waals surface area contributed by atoms with Crippen molar-refractivity contribution in [3.63, 3.8) is 0 Å². The number of piperidine rings is 1. The van der Waals surface area contributed by atoms with Crippen LogP contribution in [0.2, 0.25) is 0 Å². The van der Waals surface area contributed by atoms with Gasteiger partial charge in [0.15, 0.2) is 5.67 Å². The van der Waals surface area contributed by atoms with E-state index in [1.54, 1.807) is 20.8 Å². The number of likely N-dealkylation sites (tertiary alicyclic amines) is 1. The average molecular weight is 449 g/mol. The van der Waals surface area contributed by atoms with Crippen LogP contribution in [0.3, 0.4) is 0 Å². The minimum absolute atomic E-state index is 0.00257. The zero-order valence-corrected chi connectivity index (χ0v) is 19.4. The Morgan fingerprint density at radius 2 is 1.88 bits per heavy atom. The summed E-state index contributed by atoms with van der Waals surface area (Å²) in [6.45, 7) is 5.70. The maximum absolute atomic E-state index is 15.5. The van der Waals surface area contributed by atoms with Gasteiger partial charge in [-0.3, -0.25) is 0 Å². The van der Waals surface area contributed by atoms with Crippen molar-refractivity contribution >= 4 is 6.09 Å². The van der Waals surface area contributed by atoms with Gasteiger partial charge in [0.05, 0.1) is 30.4 Å². The maximum atomic E-state index is 15.5. The fourth-order valence-corrected chi connectivity index (χ4v) is 5.65. The molecule has 3 fully saturated rings. The highest BCUT2D eigenvalue weighted by atomic mass is 19.1. The molecule has 6 nitrogen and oxygen atoms in total. The Morgan fingerprint density at radius 1 is 1.22 bits per heavy atom. The first-order valence-corrected chi connectivity index (χ1v) is 11.9. The highest BCUT2D eigenvalue weighted by Gasteiger charge is 2.71. The molecule has 1 amide bonds. The number of halogens is 1. The molecule has 1 heterocycles. The van der Waals surface area contributed by atoms with E-state index in [0.717, 1.165) is 25.7 Å². The number of aliphatic hydroxyl groups is 1. The summed E-state index contributed by atoms with van der Waals surface area (Å²) in [4.78, 5) is 14.4. The number of aliphatic hydroxyl groups excluding tert-OH is 1. The molecule has 0 aromatic heterocycles. The van der Waals surface area contributed by atoms with Gasteiger partial charge in [0.2, 0.25) is 0 Å². The lowest BCUT2D eigenvalue weighted by Crippen LogP contribution is -2.85. The van der Waals surface area contributed by atoms with E-state index in [-0.39, 0.29) is 32.1 Å². The summed E-state index contributed by atoms with van der Waals surface area (Å²) in [5.74, 6) is 0.533. The fourth-order valence-electron chi connectivity index (χ4n) is 5.65. The minimum Gasteiger partial charge on any atom is -0.444 e. The largest absolute Gasteiger partial charge is 0.444 e. The van der Waals surface area contributed by atoms with Crippen LogP contribution in [0.25, 0.3) is 0 Å². The quantitative estimate of drug-likeness (QED) is 0.730. The van der Waals surface area contributed by atoms with Gasteiger partial charge >= 0.3 is 6.09 Å². The predicted octanol–water partition coefficient (Wildman–Crippen LogP) is 3.91. The van der Waals surface area contributed by atoms with Crippen molar-refractivity contribution in [1.29, 1.82) is 0 Å². The van der Waals surface area contributed by atoms with E-state index in [1.807, 2.05) is 6.07 Å². The molecule has 1 aromatic rings. The number of amides is 1. The molecule has 3 N–H and O–H groups in total. The zero-order valence-electron chi connectivity index (χ0n) is 19.4. The molecule has 32 heavy (non-hydrogen) atoms. The smallest absolute Gasteiger partial charge is 0.410 e. The third-order valence-electron chi connectivity index (χ3n) is 7.58. The van der Waals surface area contributed by atoms with Gasteiger partial charge in [0.25, 0.3) is 0 Å². The Labute approximate surface area is 190 Å². The number of fused-ring (bicyclic) bond motifs is 1. The van der Waals surface area contributed by atoms with Crippen molar-refractivity contribution in [2.24, 2.45) is 5.73 Å². The summed E-state index contributed by atoms with van der Waals surface area (Å²) in [6, 6.07) is 9.85. The van der Waals surface area contributed by atoms with Crippen LogP contribution in [0, 0.1) is 0 Å². The molecule has 4 unspecified atom stereocenters. The number of hydrogen-bond donors (Lipinski definition) is 2. The lowest BCUT2D eigenvalue weighted by molar-refractivity contribution is -0.214. The molecule has 1 aromatic carbocycles. The van der Waals surface area contributed by atoms with Crippen molar-refractivity contribution in [1.82, 2.24) is 4.90 Å². The van der Waals surface area contributed by atoms with E-state index in [9.17, 15) is 9.90 Å².